The Balaban J connectivity index is 4.08. The molecular weight excluding hydrogens is 130 g/mol. The van der Waals surface area contributed by atoms with Crippen LogP contribution in [0.4, 0.5) is 0 Å². The first kappa shape index (κ1) is 9.43. The predicted octanol–water partition coefficient (Wildman–Crippen LogP) is 0.849. The van der Waals surface area contributed by atoms with Gasteiger partial charge < -0.3 is 10.4 Å². The molecule has 1 unspecified atom stereocenters. The summed E-state index contributed by atoms with van der Waals surface area (Å²) in [4.78, 5) is 10.6. The third kappa shape index (κ3) is 1.99. The second-order valence-corrected chi connectivity index (χ2v) is 2.64. The Morgan fingerprint density at radius 2 is 2.20 bits per heavy atom. The molecule has 0 aromatic heterocycles. The van der Waals surface area contributed by atoms with Crippen molar-refractivity contribution in [2.75, 3.05) is 7.05 Å². The van der Waals surface area contributed by atoms with Crippen LogP contribution in [0.15, 0.2) is 0 Å². The van der Waals surface area contributed by atoms with Gasteiger partial charge >= 0.3 is 5.97 Å². The maximum Gasteiger partial charge on any atom is 0.323 e. The van der Waals surface area contributed by atoms with E-state index in [1.165, 1.54) is 0 Å². The molecular formula is C7H15NO2. The van der Waals surface area contributed by atoms with Crippen LogP contribution in [-0.2, 0) is 4.79 Å². The molecule has 0 amide bonds. The highest BCUT2D eigenvalue weighted by atomic mass is 16.4. The Morgan fingerprint density at radius 3 is 2.30 bits per heavy atom. The van der Waals surface area contributed by atoms with Gasteiger partial charge in [-0.15, -0.1) is 0 Å². The molecule has 0 aromatic carbocycles. The van der Waals surface area contributed by atoms with Crippen molar-refractivity contribution in [1.29, 1.82) is 0 Å². The standard InChI is InChI=1S/C7H15NO2/c1-4-5-7(2,8-3)6(9)10/h8H,4-5H2,1-3H3,(H,9,10). The van der Waals surface area contributed by atoms with Crippen molar-refractivity contribution in [3.8, 4) is 0 Å². The van der Waals surface area contributed by atoms with E-state index in [2.05, 4.69) is 5.32 Å². The monoisotopic (exact) mass is 145 g/mol. The highest BCUT2D eigenvalue weighted by Gasteiger charge is 2.29. The lowest BCUT2D eigenvalue weighted by Crippen LogP contribution is -2.47. The van der Waals surface area contributed by atoms with Crippen LogP contribution < -0.4 is 5.32 Å². The van der Waals surface area contributed by atoms with E-state index in [0.29, 0.717) is 6.42 Å². The van der Waals surface area contributed by atoms with E-state index < -0.39 is 11.5 Å². The maximum atomic E-state index is 10.6. The van der Waals surface area contributed by atoms with Crippen LogP contribution in [0.25, 0.3) is 0 Å². The number of hydrogen-bond acceptors (Lipinski definition) is 2. The molecule has 0 aliphatic rings. The zero-order chi connectivity index (χ0) is 8.20. The maximum absolute atomic E-state index is 10.6. The van der Waals surface area contributed by atoms with Crippen LogP contribution in [0, 0.1) is 0 Å². The first-order chi connectivity index (χ1) is 4.56. The van der Waals surface area contributed by atoms with E-state index in [-0.39, 0.29) is 0 Å². The summed E-state index contributed by atoms with van der Waals surface area (Å²) in [6, 6.07) is 0. The first-order valence-corrected chi connectivity index (χ1v) is 3.49. The molecule has 0 saturated heterocycles. The zero-order valence-electron chi connectivity index (χ0n) is 6.77. The first-order valence-electron chi connectivity index (χ1n) is 3.49. The fourth-order valence-electron chi connectivity index (χ4n) is 0.839. The smallest absolute Gasteiger partial charge is 0.323 e. The third-order valence-electron chi connectivity index (χ3n) is 1.77. The number of hydrogen-bond donors (Lipinski definition) is 2. The minimum atomic E-state index is -0.781. The molecule has 1 atom stereocenters. The lowest BCUT2D eigenvalue weighted by Gasteiger charge is -2.22. The van der Waals surface area contributed by atoms with Gasteiger partial charge in [-0.05, 0) is 20.4 Å². The van der Waals surface area contributed by atoms with Crippen LogP contribution >= 0.6 is 0 Å². The van der Waals surface area contributed by atoms with Crippen molar-refractivity contribution in [2.45, 2.75) is 32.2 Å². The quantitative estimate of drug-likeness (QED) is 0.616. The molecule has 0 bridgehead atoms. The van der Waals surface area contributed by atoms with Gasteiger partial charge in [0.2, 0.25) is 0 Å². The minimum Gasteiger partial charge on any atom is -0.480 e. The van der Waals surface area contributed by atoms with Crippen LogP contribution in [0.1, 0.15) is 26.7 Å². The van der Waals surface area contributed by atoms with Crippen LogP contribution in [0.2, 0.25) is 0 Å². The van der Waals surface area contributed by atoms with Gasteiger partial charge in [0.1, 0.15) is 5.54 Å². The molecule has 60 valence electrons. The van der Waals surface area contributed by atoms with Gasteiger partial charge in [0.05, 0.1) is 0 Å². The van der Waals surface area contributed by atoms with Crippen LogP contribution in [0.3, 0.4) is 0 Å². The lowest BCUT2D eigenvalue weighted by atomic mass is 9.97. The molecule has 0 saturated carbocycles. The predicted molar refractivity (Wildman–Crippen MR) is 40.0 cm³/mol. The summed E-state index contributed by atoms with van der Waals surface area (Å²) in [5.74, 6) is -0.781. The van der Waals surface area contributed by atoms with E-state index in [9.17, 15) is 4.79 Å². The second kappa shape index (κ2) is 3.56. The Kier molecular flexibility index (Phi) is 3.36. The topological polar surface area (TPSA) is 49.3 Å². The average Bonchev–Trinajstić information content (AvgIpc) is 1.88. The van der Waals surface area contributed by atoms with Gasteiger partial charge in [0, 0.05) is 0 Å². The van der Waals surface area contributed by atoms with E-state index in [0.717, 1.165) is 6.42 Å². The summed E-state index contributed by atoms with van der Waals surface area (Å²) in [6.07, 6.45) is 1.54. The lowest BCUT2D eigenvalue weighted by molar-refractivity contribution is -0.144. The Morgan fingerprint density at radius 1 is 1.70 bits per heavy atom. The summed E-state index contributed by atoms with van der Waals surface area (Å²) in [5, 5.41) is 11.5. The van der Waals surface area contributed by atoms with Crippen molar-refractivity contribution in [3.05, 3.63) is 0 Å². The summed E-state index contributed by atoms with van der Waals surface area (Å²) in [5.41, 5.74) is -0.741. The van der Waals surface area contributed by atoms with E-state index >= 15 is 0 Å². The highest BCUT2D eigenvalue weighted by molar-refractivity contribution is 5.78. The SMILES string of the molecule is CCCC(C)(NC)C(=O)O. The molecule has 0 spiro atoms. The Bertz CT molecular complexity index is 125. The highest BCUT2D eigenvalue weighted by Crippen LogP contribution is 2.10. The third-order valence-corrected chi connectivity index (χ3v) is 1.77. The van der Waals surface area contributed by atoms with Gasteiger partial charge in [0.25, 0.3) is 0 Å². The summed E-state index contributed by atoms with van der Waals surface area (Å²) < 4.78 is 0. The molecule has 0 aromatic rings. The van der Waals surface area contributed by atoms with Crippen molar-refractivity contribution in [1.82, 2.24) is 5.32 Å². The second-order valence-electron chi connectivity index (χ2n) is 2.64. The van der Waals surface area contributed by atoms with Crippen molar-refractivity contribution in [2.24, 2.45) is 0 Å². The molecule has 0 aliphatic heterocycles. The summed E-state index contributed by atoms with van der Waals surface area (Å²) >= 11 is 0. The number of carboxylic acids is 1. The molecule has 3 nitrogen and oxygen atoms in total. The largest absolute Gasteiger partial charge is 0.480 e. The van der Waals surface area contributed by atoms with Gasteiger partial charge in [-0.25, -0.2) is 0 Å². The summed E-state index contributed by atoms with van der Waals surface area (Å²) in [7, 11) is 1.67. The number of rotatable bonds is 4. The fourth-order valence-corrected chi connectivity index (χ4v) is 0.839. The molecule has 0 radical (unpaired) electrons. The van der Waals surface area contributed by atoms with Crippen molar-refractivity contribution < 1.29 is 9.90 Å². The molecule has 2 N–H and O–H groups in total. The molecule has 0 aliphatic carbocycles. The Hall–Kier alpha value is -0.570. The van der Waals surface area contributed by atoms with Gasteiger partial charge in [-0.2, -0.15) is 0 Å². The molecule has 3 heteroatoms. The van der Waals surface area contributed by atoms with Crippen molar-refractivity contribution >= 4 is 5.97 Å². The number of carbonyl (C=O) groups is 1. The molecule has 0 rings (SSSR count). The minimum absolute atomic E-state index is 0.666. The molecule has 10 heavy (non-hydrogen) atoms. The number of aliphatic carboxylic acids is 1. The number of likely N-dealkylation sites (N-methyl/N-ethyl adjacent to an activating group) is 1. The van der Waals surface area contributed by atoms with E-state index in [4.69, 9.17) is 5.11 Å². The van der Waals surface area contributed by atoms with Gasteiger partial charge in [0.15, 0.2) is 0 Å². The summed E-state index contributed by atoms with van der Waals surface area (Å²) in [6.45, 7) is 3.66. The number of carboxylic acid groups (broad SMARTS) is 1. The number of nitrogens with one attached hydrogen (secondary N) is 1. The Labute approximate surface area is 61.4 Å². The van der Waals surface area contributed by atoms with Crippen LogP contribution in [0.5, 0.6) is 0 Å². The van der Waals surface area contributed by atoms with Gasteiger partial charge in [-0.1, -0.05) is 13.3 Å². The van der Waals surface area contributed by atoms with Crippen molar-refractivity contribution in [3.63, 3.8) is 0 Å². The zero-order valence-corrected chi connectivity index (χ0v) is 6.77. The van der Waals surface area contributed by atoms with Crippen LogP contribution in [-0.4, -0.2) is 23.7 Å². The van der Waals surface area contributed by atoms with E-state index in [1.54, 1.807) is 14.0 Å². The normalized spacial score (nSPS) is 16.3. The molecule has 0 heterocycles. The van der Waals surface area contributed by atoms with E-state index in [1.807, 2.05) is 6.92 Å². The molecule has 0 fully saturated rings. The fraction of sp³-hybridized carbons (Fsp3) is 0.857. The average molecular weight is 145 g/mol. The van der Waals surface area contributed by atoms with Gasteiger partial charge in [-0.3, -0.25) is 4.79 Å².